The van der Waals surface area contributed by atoms with Crippen LogP contribution < -0.4 is 10.1 Å². The molecule has 1 aromatic heterocycles. The van der Waals surface area contributed by atoms with Crippen LogP contribution >= 0.6 is 0 Å². The molecule has 4 aromatic carbocycles. The van der Waals surface area contributed by atoms with Crippen LogP contribution in [-0.4, -0.2) is 20.2 Å². The zero-order chi connectivity index (χ0) is 23.5. The molecular formula is C29H23N5O. The van der Waals surface area contributed by atoms with Crippen LogP contribution in [0, 0.1) is 0 Å². The molecule has 0 aliphatic carbocycles. The van der Waals surface area contributed by atoms with Crippen molar-refractivity contribution in [3.8, 4) is 16.9 Å². The third-order valence-electron chi connectivity index (χ3n) is 6.10. The first-order chi connectivity index (χ1) is 17.3. The maximum absolute atomic E-state index is 5.95. The molecule has 1 aliphatic heterocycles. The largest absolute Gasteiger partial charge is 0.489 e. The Morgan fingerprint density at radius 1 is 0.714 bits per heavy atom. The highest BCUT2D eigenvalue weighted by Gasteiger charge is 2.24. The van der Waals surface area contributed by atoms with Crippen molar-refractivity contribution in [2.45, 2.75) is 12.6 Å². The molecule has 0 amide bonds. The van der Waals surface area contributed by atoms with E-state index in [2.05, 4.69) is 99.7 Å². The van der Waals surface area contributed by atoms with Gasteiger partial charge in [0, 0.05) is 5.70 Å². The van der Waals surface area contributed by atoms with Crippen LogP contribution in [0.25, 0.3) is 16.8 Å². The molecule has 0 radical (unpaired) electrons. The average Bonchev–Trinajstić information content (AvgIpc) is 3.42. The molecule has 0 fully saturated rings. The molecule has 2 heterocycles. The molecule has 5 aromatic rings. The second-order valence-electron chi connectivity index (χ2n) is 8.38. The van der Waals surface area contributed by atoms with Gasteiger partial charge in [-0.05, 0) is 56.5 Å². The summed E-state index contributed by atoms with van der Waals surface area (Å²) in [5, 5.41) is 15.6. The van der Waals surface area contributed by atoms with Crippen molar-refractivity contribution in [1.29, 1.82) is 0 Å². The van der Waals surface area contributed by atoms with E-state index in [1.165, 1.54) is 11.1 Å². The maximum atomic E-state index is 5.95. The topological polar surface area (TPSA) is 64.9 Å². The van der Waals surface area contributed by atoms with Gasteiger partial charge in [0.15, 0.2) is 0 Å². The van der Waals surface area contributed by atoms with Gasteiger partial charge < -0.3 is 10.1 Å². The molecule has 1 atom stereocenters. The van der Waals surface area contributed by atoms with Crippen molar-refractivity contribution in [3.05, 3.63) is 132 Å². The lowest BCUT2D eigenvalue weighted by atomic mass is 9.99. The lowest BCUT2D eigenvalue weighted by Crippen LogP contribution is -2.20. The van der Waals surface area contributed by atoms with Gasteiger partial charge in [-0.25, -0.2) is 0 Å². The summed E-state index contributed by atoms with van der Waals surface area (Å²) in [7, 11) is 0. The highest BCUT2D eigenvalue weighted by atomic mass is 16.5. The number of allylic oxidation sites excluding steroid dienone is 1. The highest BCUT2D eigenvalue weighted by molar-refractivity contribution is 5.78. The lowest BCUT2D eigenvalue weighted by molar-refractivity contribution is 0.306. The summed E-state index contributed by atoms with van der Waals surface area (Å²) in [5.74, 6) is 1.44. The molecule has 0 saturated heterocycles. The number of benzene rings is 4. The Hall–Kier alpha value is -4.71. The van der Waals surface area contributed by atoms with Gasteiger partial charge >= 0.3 is 0 Å². The molecule has 0 spiro atoms. The minimum atomic E-state index is -0.131. The molecular weight excluding hydrogens is 434 g/mol. The smallest absolute Gasteiger partial charge is 0.248 e. The molecule has 0 saturated carbocycles. The van der Waals surface area contributed by atoms with Gasteiger partial charge in [0.05, 0.1) is 0 Å². The minimum absolute atomic E-state index is 0.131. The number of nitrogens with zero attached hydrogens (tertiary/aromatic N) is 4. The van der Waals surface area contributed by atoms with Crippen LogP contribution in [0.4, 0.5) is 5.95 Å². The van der Waals surface area contributed by atoms with Crippen LogP contribution in [0.15, 0.2) is 115 Å². The number of hydrogen-bond acceptors (Lipinski definition) is 5. The highest BCUT2D eigenvalue weighted by Crippen LogP contribution is 2.33. The van der Waals surface area contributed by atoms with E-state index >= 15 is 0 Å². The molecule has 6 heteroatoms. The molecule has 35 heavy (non-hydrogen) atoms. The summed E-state index contributed by atoms with van der Waals surface area (Å²) < 4.78 is 7.75. The number of nitrogens with one attached hydrogen (secondary N) is 1. The van der Waals surface area contributed by atoms with Crippen LogP contribution in [0.2, 0.25) is 0 Å². The Morgan fingerprint density at radius 3 is 2.11 bits per heavy atom. The second-order valence-corrected chi connectivity index (χ2v) is 8.38. The Labute approximate surface area is 203 Å². The van der Waals surface area contributed by atoms with Crippen molar-refractivity contribution in [2.75, 3.05) is 5.32 Å². The van der Waals surface area contributed by atoms with Crippen LogP contribution in [0.3, 0.4) is 0 Å². The summed E-state index contributed by atoms with van der Waals surface area (Å²) in [6, 6.07) is 37.0. The maximum Gasteiger partial charge on any atom is 0.248 e. The van der Waals surface area contributed by atoms with Crippen LogP contribution in [0.1, 0.15) is 22.7 Å². The lowest BCUT2D eigenvalue weighted by Gasteiger charge is -2.23. The molecule has 6 rings (SSSR count). The third-order valence-corrected chi connectivity index (χ3v) is 6.10. The van der Waals surface area contributed by atoms with Gasteiger partial charge in [-0.1, -0.05) is 102 Å². The van der Waals surface area contributed by atoms with E-state index in [0.717, 1.165) is 28.1 Å². The Morgan fingerprint density at radius 2 is 1.37 bits per heavy atom. The Bertz CT molecular complexity index is 1440. The predicted molar refractivity (Wildman–Crippen MR) is 137 cm³/mol. The van der Waals surface area contributed by atoms with E-state index in [-0.39, 0.29) is 6.04 Å². The molecule has 0 unspecified atom stereocenters. The predicted octanol–water partition coefficient (Wildman–Crippen LogP) is 5.98. The SMILES string of the molecule is C1=C(c2ccc(-c3ccccc3)cc2)Nc2nnnn2[C@@H]1c1ccc(OCc2ccccc2)cc1. The summed E-state index contributed by atoms with van der Waals surface area (Å²) in [4.78, 5) is 0. The first-order valence-corrected chi connectivity index (χ1v) is 11.5. The fraction of sp³-hybridized carbons (Fsp3) is 0.0690. The monoisotopic (exact) mass is 457 g/mol. The normalized spacial score (nSPS) is 14.5. The number of anilines is 1. The molecule has 170 valence electrons. The molecule has 0 bridgehead atoms. The van der Waals surface area contributed by atoms with Gasteiger partial charge in [-0.2, -0.15) is 4.68 Å². The van der Waals surface area contributed by atoms with E-state index in [1.807, 2.05) is 36.4 Å². The van der Waals surface area contributed by atoms with E-state index in [9.17, 15) is 0 Å². The van der Waals surface area contributed by atoms with Gasteiger partial charge in [0.1, 0.15) is 18.4 Å². The van der Waals surface area contributed by atoms with Crippen molar-refractivity contribution in [2.24, 2.45) is 0 Å². The summed E-state index contributed by atoms with van der Waals surface area (Å²) in [5.41, 5.74) is 6.64. The number of aromatic nitrogens is 4. The summed E-state index contributed by atoms with van der Waals surface area (Å²) in [6.45, 7) is 0.535. The van der Waals surface area contributed by atoms with Crippen molar-refractivity contribution >= 4 is 11.6 Å². The van der Waals surface area contributed by atoms with E-state index in [0.29, 0.717) is 12.6 Å². The molecule has 6 nitrogen and oxygen atoms in total. The quantitative estimate of drug-likeness (QED) is 0.340. The average molecular weight is 458 g/mol. The standard InChI is InChI=1S/C29H23N5O/c1-3-7-21(8-4-1)20-35-26-17-15-25(16-18-26)28-19-27(30-29-31-32-33-34(28)29)24-13-11-23(12-14-24)22-9-5-2-6-10-22/h1-19,28H,20H2,(H,30,31,33)/t28-/m0/s1. The summed E-state index contributed by atoms with van der Waals surface area (Å²) in [6.07, 6.45) is 2.15. The Kier molecular flexibility index (Phi) is 5.53. The number of rotatable bonds is 6. The van der Waals surface area contributed by atoms with E-state index < -0.39 is 0 Å². The first kappa shape index (κ1) is 20.9. The van der Waals surface area contributed by atoms with Gasteiger partial charge in [0.25, 0.3) is 0 Å². The fourth-order valence-electron chi connectivity index (χ4n) is 4.23. The second kappa shape index (κ2) is 9.27. The van der Waals surface area contributed by atoms with E-state index in [1.54, 1.807) is 4.68 Å². The van der Waals surface area contributed by atoms with Crippen LogP contribution in [0.5, 0.6) is 5.75 Å². The summed E-state index contributed by atoms with van der Waals surface area (Å²) >= 11 is 0. The van der Waals surface area contributed by atoms with Crippen molar-refractivity contribution in [1.82, 2.24) is 20.2 Å². The van der Waals surface area contributed by atoms with Gasteiger partial charge in [-0.15, -0.1) is 0 Å². The van der Waals surface area contributed by atoms with Crippen LogP contribution in [-0.2, 0) is 6.61 Å². The number of tetrazole rings is 1. The molecule has 1 N–H and O–H groups in total. The zero-order valence-electron chi connectivity index (χ0n) is 19.0. The number of ether oxygens (including phenoxy) is 1. The van der Waals surface area contributed by atoms with Gasteiger partial charge in [-0.3, -0.25) is 0 Å². The van der Waals surface area contributed by atoms with Crippen molar-refractivity contribution < 1.29 is 4.74 Å². The number of hydrogen-bond donors (Lipinski definition) is 1. The van der Waals surface area contributed by atoms with E-state index in [4.69, 9.17) is 4.74 Å². The Balaban J connectivity index is 1.24. The fourth-order valence-corrected chi connectivity index (χ4v) is 4.23. The third kappa shape index (κ3) is 4.42. The minimum Gasteiger partial charge on any atom is -0.489 e. The first-order valence-electron chi connectivity index (χ1n) is 11.5. The van der Waals surface area contributed by atoms with Crippen molar-refractivity contribution in [3.63, 3.8) is 0 Å². The molecule has 1 aliphatic rings. The number of fused-ring (bicyclic) bond motifs is 1. The van der Waals surface area contributed by atoms with Gasteiger partial charge in [0.2, 0.25) is 5.95 Å². The zero-order valence-corrected chi connectivity index (χ0v) is 19.0.